The molecule has 162 valence electrons. The molecule has 2 N–H and O–H groups in total. The number of ether oxygens (including phenoxy) is 1. The van der Waals surface area contributed by atoms with Crippen LogP contribution in [0.2, 0.25) is 0 Å². The molecule has 1 aromatic rings. The van der Waals surface area contributed by atoms with Gasteiger partial charge in [0.25, 0.3) is 0 Å². The highest BCUT2D eigenvalue weighted by Gasteiger charge is 2.33. The first kappa shape index (κ1) is 21.8. The summed E-state index contributed by atoms with van der Waals surface area (Å²) in [5, 5.41) is 0. The maximum Gasteiger partial charge on any atom is 0.320 e. The smallest absolute Gasteiger partial charge is 0.320 e. The average Bonchev–Trinajstić information content (AvgIpc) is 3.04. The summed E-state index contributed by atoms with van der Waals surface area (Å²) in [6, 6.07) is 0.967. The van der Waals surface area contributed by atoms with Crippen LogP contribution < -0.4 is 15.4 Å². The lowest BCUT2D eigenvalue weighted by molar-refractivity contribution is -0.117. The predicted octanol–water partition coefficient (Wildman–Crippen LogP) is 3.42. The highest BCUT2D eigenvalue weighted by molar-refractivity contribution is 6.01. The van der Waals surface area contributed by atoms with Crippen molar-refractivity contribution in [2.45, 2.75) is 78.2 Å². The SMILES string of the molecule is CCCCOc1nc(N)c2c(n1)N(CCC1CCCN(C(CC)CC)C1)C(=O)C2. The molecule has 7 heteroatoms. The fourth-order valence-electron chi connectivity index (χ4n) is 4.61. The molecule has 2 aliphatic rings. The van der Waals surface area contributed by atoms with E-state index in [0.717, 1.165) is 31.4 Å². The molecule has 3 heterocycles. The predicted molar refractivity (Wildman–Crippen MR) is 116 cm³/mol. The molecule has 1 amide bonds. The summed E-state index contributed by atoms with van der Waals surface area (Å²) in [7, 11) is 0. The van der Waals surface area contributed by atoms with Crippen LogP contribution in [-0.2, 0) is 11.2 Å². The summed E-state index contributed by atoms with van der Waals surface area (Å²) in [6.07, 6.45) is 8.17. The molecule has 29 heavy (non-hydrogen) atoms. The van der Waals surface area contributed by atoms with Crippen molar-refractivity contribution in [2.24, 2.45) is 5.92 Å². The van der Waals surface area contributed by atoms with Gasteiger partial charge in [-0.25, -0.2) is 0 Å². The summed E-state index contributed by atoms with van der Waals surface area (Å²) in [5.74, 6) is 1.72. The van der Waals surface area contributed by atoms with E-state index in [1.54, 1.807) is 4.90 Å². The summed E-state index contributed by atoms with van der Waals surface area (Å²) < 4.78 is 5.65. The molecule has 1 unspecified atom stereocenters. The van der Waals surface area contributed by atoms with E-state index < -0.39 is 0 Å². The standard InChI is InChI=1S/C22H37N5O2/c1-4-7-13-29-22-24-20(23)18-14-19(28)27(21(18)25-22)12-10-16-9-8-11-26(15-16)17(5-2)6-3/h16-17H,4-15H2,1-3H3,(H2,23,24,25). The number of carbonyl (C=O) groups is 1. The zero-order chi connectivity index (χ0) is 20.8. The van der Waals surface area contributed by atoms with Crippen LogP contribution in [0.1, 0.15) is 71.3 Å². The number of rotatable bonds is 10. The largest absolute Gasteiger partial charge is 0.463 e. The fraction of sp³-hybridized carbons (Fsp3) is 0.773. The van der Waals surface area contributed by atoms with E-state index in [2.05, 4.69) is 35.6 Å². The number of nitrogens with two attached hydrogens (primary N) is 1. The van der Waals surface area contributed by atoms with Crippen molar-refractivity contribution in [2.75, 3.05) is 36.9 Å². The van der Waals surface area contributed by atoms with E-state index in [-0.39, 0.29) is 11.9 Å². The molecule has 1 fully saturated rings. The molecule has 3 rings (SSSR count). The van der Waals surface area contributed by atoms with Crippen LogP contribution in [0, 0.1) is 5.92 Å². The lowest BCUT2D eigenvalue weighted by Gasteiger charge is -2.38. The van der Waals surface area contributed by atoms with E-state index in [0.29, 0.717) is 43.2 Å². The van der Waals surface area contributed by atoms with E-state index in [9.17, 15) is 4.79 Å². The van der Waals surface area contributed by atoms with Crippen molar-refractivity contribution in [3.8, 4) is 6.01 Å². The minimum atomic E-state index is 0.0689. The van der Waals surface area contributed by atoms with Crippen LogP contribution in [0.3, 0.4) is 0 Å². The van der Waals surface area contributed by atoms with Gasteiger partial charge in [-0.3, -0.25) is 9.69 Å². The van der Waals surface area contributed by atoms with Gasteiger partial charge < -0.3 is 15.4 Å². The fourth-order valence-corrected chi connectivity index (χ4v) is 4.61. The first-order valence-electron chi connectivity index (χ1n) is 11.4. The Bertz CT molecular complexity index is 692. The second kappa shape index (κ2) is 10.2. The third-order valence-corrected chi connectivity index (χ3v) is 6.38. The van der Waals surface area contributed by atoms with Gasteiger partial charge in [-0.1, -0.05) is 27.2 Å². The maximum absolute atomic E-state index is 12.6. The number of amides is 1. The second-order valence-corrected chi connectivity index (χ2v) is 8.38. The molecule has 1 saturated heterocycles. The zero-order valence-corrected chi connectivity index (χ0v) is 18.3. The minimum absolute atomic E-state index is 0.0689. The molecule has 0 spiro atoms. The molecule has 0 bridgehead atoms. The molecule has 2 aliphatic heterocycles. The molecule has 0 aliphatic carbocycles. The minimum Gasteiger partial charge on any atom is -0.463 e. The molecule has 1 aromatic heterocycles. The van der Waals surface area contributed by atoms with E-state index in [1.165, 1.54) is 32.2 Å². The van der Waals surface area contributed by atoms with Crippen LogP contribution in [0.5, 0.6) is 6.01 Å². The topological polar surface area (TPSA) is 84.6 Å². The Hall–Kier alpha value is -1.89. The Morgan fingerprint density at radius 3 is 2.76 bits per heavy atom. The van der Waals surface area contributed by atoms with Crippen molar-refractivity contribution in [1.29, 1.82) is 0 Å². The van der Waals surface area contributed by atoms with Crippen LogP contribution in [0.15, 0.2) is 0 Å². The van der Waals surface area contributed by atoms with E-state index in [1.807, 2.05) is 0 Å². The summed E-state index contributed by atoms with van der Waals surface area (Å²) in [5.41, 5.74) is 6.86. The number of piperidine rings is 1. The van der Waals surface area contributed by atoms with E-state index >= 15 is 0 Å². The molecule has 0 radical (unpaired) electrons. The number of hydrogen-bond donors (Lipinski definition) is 1. The highest BCUT2D eigenvalue weighted by atomic mass is 16.5. The lowest BCUT2D eigenvalue weighted by atomic mass is 9.92. The Balaban J connectivity index is 1.64. The van der Waals surface area contributed by atoms with Gasteiger partial charge in [-0.15, -0.1) is 0 Å². The average molecular weight is 404 g/mol. The summed E-state index contributed by atoms with van der Waals surface area (Å²) in [4.78, 5) is 25.9. The monoisotopic (exact) mass is 403 g/mol. The maximum atomic E-state index is 12.6. The van der Waals surface area contributed by atoms with Crippen LogP contribution in [0.4, 0.5) is 11.6 Å². The number of nitrogens with zero attached hydrogens (tertiary/aromatic N) is 4. The van der Waals surface area contributed by atoms with Gasteiger partial charge in [0.1, 0.15) is 11.6 Å². The van der Waals surface area contributed by atoms with Crippen molar-refractivity contribution < 1.29 is 9.53 Å². The number of unbranched alkanes of at least 4 members (excludes halogenated alkanes) is 1. The van der Waals surface area contributed by atoms with Gasteiger partial charge in [-0.2, -0.15) is 9.97 Å². The Morgan fingerprint density at radius 1 is 1.24 bits per heavy atom. The molecule has 1 atom stereocenters. The second-order valence-electron chi connectivity index (χ2n) is 8.38. The number of nitrogen functional groups attached to an aromatic ring is 1. The molecular formula is C22H37N5O2. The van der Waals surface area contributed by atoms with E-state index in [4.69, 9.17) is 10.5 Å². The summed E-state index contributed by atoms with van der Waals surface area (Å²) in [6.45, 7) is 10.3. The van der Waals surface area contributed by atoms with Gasteiger partial charge in [0.15, 0.2) is 0 Å². The quantitative estimate of drug-likeness (QED) is 0.603. The van der Waals surface area contributed by atoms with Crippen molar-refractivity contribution in [1.82, 2.24) is 14.9 Å². The van der Waals surface area contributed by atoms with Crippen LogP contribution >= 0.6 is 0 Å². The van der Waals surface area contributed by atoms with Gasteiger partial charge in [0, 0.05) is 24.7 Å². The normalized spacial score (nSPS) is 19.8. The third-order valence-electron chi connectivity index (χ3n) is 6.38. The Kier molecular flexibility index (Phi) is 7.70. The van der Waals surface area contributed by atoms with Crippen molar-refractivity contribution >= 4 is 17.5 Å². The van der Waals surface area contributed by atoms with Crippen molar-refractivity contribution in [3.63, 3.8) is 0 Å². The van der Waals surface area contributed by atoms with Crippen LogP contribution in [0.25, 0.3) is 0 Å². The third kappa shape index (κ3) is 5.18. The van der Waals surface area contributed by atoms with Gasteiger partial charge >= 0.3 is 6.01 Å². The number of fused-ring (bicyclic) bond motifs is 1. The first-order valence-corrected chi connectivity index (χ1v) is 11.4. The zero-order valence-electron chi connectivity index (χ0n) is 18.3. The number of likely N-dealkylation sites (tertiary alicyclic amines) is 1. The number of hydrogen-bond acceptors (Lipinski definition) is 6. The van der Waals surface area contributed by atoms with Gasteiger partial charge in [0.05, 0.1) is 13.0 Å². The molecule has 0 aromatic carbocycles. The molecule has 7 nitrogen and oxygen atoms in total. The van der Waals surface area contributed by atoms with Crippen LogP contribution in [-0.4, -0.2) is 53.1 Å². The number of carbonyl (C=O) groups excluding carboxylic acids is 1. The Morgan fingerprint density at radius 2 is 2.03 bits per heavy atom. The lowest BCUT2D eigenvalue weighted by Crippen LogP contribution is -2.43. The number of aromatic nitrogens is 2. The number of anilines is 2. The molecule has 0 saturated carbocycles. The summed E-state index contributed by atoms with van der Waals surface area (Å²) >= 11 is 0. The van der Waals surface area contributed by atoms with Crippen molar-refractivity contribution in [3.05, 3.63) is 5.56 Å². The highest BCUT2D eigenvalue weighted by Crippen LogP contribution is 2.33. The Labute approximate surface area is 175 Å². The first-order chi connectivity index (χ1) is 14.1. The van der Waals surface area contributed by atoms with Gasteiger partial charge in [-0.05, 0) is 51.0 Å². The molecular weight excluding hydrogens is 366 g/mol. The van der Waals surface area contributed by atoms with Gasteiger partial charge in [0.2, 0.25) is 5.91 Å².